The Balaban J connectivity index is 0.841. The van der Waals surface area contributed by atoms with Crippen molar-refractivity contribution in [2.45, 2.75) is 51.0 Å². The fourth-order valence-corrected chi connectivity index (χ4v) is 7.55. The lowest BCUT2D eigenvalue weighted by atomic mass is 9.90. The molecule has 0 radical (unpaired) electrons. The normalized spacial score (nSPS) is 21.0. The van der Waals surface area contributed by atoms with Crippen LogP contribution in [0.1, 0.15) is 66.9 Å². The van der Waals surface area contributed by atoms with Gasteiger partial charge in [0, 0.05) is 62.4 Å². The van der Waals surface area contributed by atoms with Gasteiger partial charge < -0.3 is 20.4 Å². The molecule has 13 heteroatoms. The first-order valence-electron chi connectivity index (χ1n) is 17.6. The summed E-state index contributed by atoms with van der Waals surface area (Å²) in [7, 11) is 0. The number of fused-ring (bicyclic) bond motifs is 1. The second kappa shape index (κ2) is 14.4. The van der Waals surface area contributed by atoms with Gasteiger partial charge in [0.25, 0.3) is 11.5 Å². The smallest absolute Gasteiger partial charge is 0.278 e. The van der Waals surface area contributed by atoms with Gasteiger partial charge in [0.2, 0.25) is 17.7 Å². The third kappa shape index (κ3) is 7.26. The Morgan fingerprint density at radius 2 is 1.62 bits per heavy atom. The van der Waals surface area contributed by atoms with E-state index in [2.05, 4.69) is 37.3 Å². The summed E-state index contributed by atoms with van der Waals surface area (Å²) in [6.45, 7) is 6.02. The molecule has 4 aliphatic heterocycles. The SMILES string of the molecule is NC(=O)c1ccc(C#CCC2CCN(CC3CCN(C(=O)C4CN(c5ccc6nnn(C7CCC(=O)NC7=O)c(=O)c6c5)C4)CC3)CC2)cc1. The molecule has 0 bridgehead atoms. The highest BCUT2D eigenvalue weighted by Crippen LogP contribution is 2.30. The largest absolute Gasteiger partial charge is 0.370 e. The molecule has 0 aliphatic carbocycles. The topological polar surface area (TPSA) is 164 Å². The van der Waals surface area contributed by atoms with Gasteiger partial charge in [-0.05, 0) is 99.5 Å². The molecule has 4 saturated heterocycles. The fraction of sp³-hybridized carbons (Fsp3) is 0.486. The number of piperidine rings is 3. The lowest BCUT2D eigenvalue weighted by molar-refractivity contribution is -0.138. The zero-order chi connectivity index (χ0) is 34.8. The highest BCUT2D eigenvalue weighted by atomic mass is 16.2. The van der Waals surface area contributed by atoms with E-state index in [0.29, 0.717) is 41.4 Å². The summed E-state index contributed by atoms with van der Waals surface area (Å²) in [4.78, 5) is 68.5. The van der Waals surface area contributed by atoms with Crippen LogP contribution in [0.4, 0.5) is 5.69 Å². The van der Waals surface area contributed by atoms with Gasteiger partial charge in [0.1, 0.15) is 11.6 Å². The lowest BCUT2D eigenvalue weighted by Crippen LogP contribution is -2.56. The molecular formula is C37H42N8O5. The van der Waals surface area contributed by atoms with Crippen molar-refractivity contribution in [3.63, 3.8) is 0 Å². The molecule has 3 N–H and O–H groups in total. The van der Waals surface area contributed by atoms with Crippen LogP contribution in [0.3, 0.4) is 0 Å². The number of hydrogen-bond acceptors (Lipinski definition) is 9. The lowest BCUT2D eigenvalue weighted by Gasteiger charge is -2.44. The Kier molecular flexibility index (Phi) is 9.63. The minimum absolute atomic E-state index is 0.0745. The molecule has 7 rings (SSSR count). The van der Waals surface area contributed by atoms with E-state index in [-0.39, 0.29) is 30.6 Å². The van der Waals surface area contributed by atoms with E-state index >= 15 is 0 Å². The van der Waals surface area contributed by atoms with Crippen molar-refractivity contribution in [1.82, 2.24) is 30.1 Å². The van der Waals surface area contributed by atoms with E-state index in [1.807, 2.05) is 23.1 Å². The number of carbonyl (C=O) groups excluding carboxylic acids is 4. The maximum Gasteiger partial charge on any atom is 0.278 e. The molecule has 13 nitrogen and oxygen atoms in total. The Morgan fingerprint density at radius 3 is 2.32 bits per heavy atom. The monoisotopic (exact) mass is 678 g/mol. The molecule has 3 aromatic rings. The zero-order valence-corrected chi connectivity index (χ0v) is 28.1. The maximum atomic E-state index is 13.4. The van der Waals surface area contributed by atoms with Crippen LogP contribution in [-0.4, -0.2) is 94.2 Å². The molecule has 4 aliphatic rings. The van der Waals surface area contributed by atoms with Crippen LogP contribution in [0, 0.1) is 29.6 Å². The predicted molar refractivity (Wildman–Crippen MR) is 186 cm³/mol. The number of imide groups is 1. The van der Waals surface area contributed by atoms with Crippen LogP contribution in [0.15, 0.2) is 47.3 Å². The first-order chi connectivity index (χ1) is 24.2. The summed E-state index contributed by atoms with van der Waals surface area (Å²) in [6.07, 6.45) is 5.55. The van der Waals surface area contributed by atoms with Crippen LogP contribution >= 0.6 is 0 Å². The van der Waals surface area contributed by atoms with Crippen LogP contribution in [0.5, 0.6) is 0 Å². The van der Waals surface area contributed by atoms with Gasteiger partial charge >= 0.3 is 0 Å². The third-order valence-electron chi connectivity index (χ3n) is 10.7. The summed E-state index contributed by atoms with van der Waals surface area (Å²) >= 11 is 0. The number of nitrogens with one attached hydrogen (secondary N) is 1. The number of anilines is 1. The van der Waals surface area contributed by atoms with Gasteiger partial charge in [-0.2, -0.15) is 4.68 Å². The number of nitrogens with zero attached hydrogens (tertiary/aromatic N) is 6. The van der Waals surface area contributed by atoms with E-state index in [0.717, 1.165) is 80.8 Å². The minimum atomic E-state index is -0.873. The van der Waals surface area contributed by atoms with Crippen LogP contribution in [-0.2, 0) is 14.4 Å². The first kappa shape index (κ1) is 33.4. The molecule has 5 heterocycles. The highest BCUT2D eigenvalue weighted by molar-refractivity contribution is 5.99. The van der Waals surface area contributed by atoms with Crippen molar-refractivity contribution < 1.29 is 19.2 Å². The fourth-order valence-electron chi connectivity index (χ4n) is 7.55. The van der Waals surface area contributed by atoms with E-state index in [4.69, 9.17) is 5.73 Å². The summed E-state index contributed by atoms with van der Waals surface area (Å²) < 4.78 is 1.07. The van der Waals surface area contributed by atoms with E-state index < -0.39 is 23.4 Å². The number of amides is 4. The highest BCUT2D eigenvalue weighted by Gasteiger charge is 2.37. The van der Waals surface area contributed by atoms with Gasteiger partial charge in [-0.3, -0.25) is 29.3 Å². The summed E-state index contributed by atoms with van der Waals surface area (Å²) in [6, 6.07) is 11.6. The summed E-state index contributed by atoms with van der Waals surface area (Å²) in [5, 5.41) is 10.7. The quantitative estimate of drug-likeness (QED) is 0.280. The molecule has 2 aromatic carbocycles. The number of likely N-dealkylation sites (tertiary alicyclic amines) is 2. The second-order valence-electron chi connectivity index (χ2n) is 14.1. The zero-order valence-electron chi connectivity index (χ0n) is 28.1. The first-order valence-corrected chi connectivity index (χ1v) is 17.6. The molecule has 1 atom stereocenters. The molecule has 4 fully saturated rings. The van der Waals surface area contributed by atoms with Gasteiger partial charge in [0.15, 0.2) is 0 Å². The molecular weight excluding hydrogens is 636 g/mol. The molecule has 1 aromatic heterocycles. The Labute approximate surface area is 290 Å². The van der Waals surface area contributed by atoms with Crippen molar-refractivity contribution >= 4 is 40.2 Å². The van der Waals surface area contributed by atoms with E-state index in [1.54, 1.807) is 24.3 Å². The predicted octanol–water partition coefficient (Wildman–Crippen LogP) is 1.70. The number of nitrogens with two attached hydrogens (primary N) is 1. The summed E-state index contributed by atoms with van der Waals surface area (Å²) in [5.41, 5.74) is 7.53. The van der Waals surface area contributed by atoms with E-state index in [1.165, 1.54) is 0 Å². The number of carbonyl (C=O) groups is 4. The van der Waals surface area contributed by atoms with Gasteiger partial charge in [-0.1, -0.05) is 17.1 Å². The van der Waals surface area contributed by atoms with Gasteiger partial charge in [-0.25, -0.2) is 0 Å². The Bertz CT molecular complexity index is 1910. The average Bonchev–Trinajstić information content (AvgIpc) is 3.10. The summed E-state index contributed by atoms with van der Waals surface area (Å²) in [5.74, 6) is 6.53. The maximum absolute atomic E-state index is 13.4. The molecule has 4 amide bonds. The van der Waals surface area contributed by atoms with Crippen molar-refractivity contribution in [3.05, 3.63) is 63.9 Å². The minimum Gasteiger partial charge on any atom is -0.370 e. The van der Waals surface area contributed by atoms with Crippen molar-refractivity contribution in [3.8, 4) is 11.8 Å². The average molecular weight is 679 g/mol. The van der Waals surface area contributed by atoms with Crippen LogP contribution in [0.25, 0.3) is 10.9 Å². The number of aromatic nitrogens is 3. The van der Waals surface area contributed by atoms with Crippen molar-refractivity contribution in [2.75, 3.05) is 50.7 Å². The number of benzene rings is 2. The molecule has 1 unspecified atom stereocenters. The van der Waals surface area contributed by atoms with Gasteiger partial charge in [0.05, 0.1) is 11.3 Å². The van der Waals surface area contributed by atoms with Crippen LogP contribution in [0.2, 0.25) is 0 Å². The van der Waals surface area contributed by atoms with Crippen molar-refractivity contribution in [1.29, 1.82) is 0 Å². The molecule has 260 valence electrons. The van der Waals surface area contributed by atoms with E-state index in [9.17, 15) is 24.0 Å². The second-order valence-corrected chi connectivity index (χ2v) is 14.1. The van der Waals surface area contributed by atoms with Crippen LogP contribution < -0.4 is 21.5 Å². The number of hydrogen-bond donors (Lipinski definition) is 2. The standard InChI is InChI=1S/C37H42N8O5/c38-34(47)27-6-4-24(5-7-27)2-1-3-25-12-16-42(17-13-25)21-26-14-18-43(19-15-26)36(49)28-22-44(23-28)29-8-9-31-30(20-29)37(50)45(41-40-31)32-10-11-33(46)39-35(32)48/h4-9,20,25-26,28,32H,3,10-19,21-23H2,(H2,38,47)(H,39,46,48). The molecule has 0 spiro atoms. The number of rotatable bonds is 7. The molecule has 50 heavy (non-hydrogen) atoms. The van der Waals surface area contributed by atoms with Gasteiger partial charge in [-0.15, -0.1) is 5.10 Å². The Morgan fingerprint density at radius 1 is 0.900 bits per heavy atom. The number of primary amides is 1. The van der Waals surface area contributed by atoms with Crippen molar-refractivity contribution in [2.24, 2.45) is 23.5 Å². The third-order valence-corrected chi connectivity index (χ3v) is 10.7. The Hall–Kier alpha value is -5.09. The molecule has 0 saturated carbocycles.